The van der Waals surface area contributed by atoms with E-state index in [0.29, 0.717) is 13.2 Å². The van der Waals surface area contributed by atoms with Gasteiger partial charge in [-0.25, -0.2) is 0 Å². The van der Waals surface area contributed by atoms with Gasteiger partial charge < -0.3 is 9.64 Å². The van der Waals surface area contributed by atoms with Crippen molar-refractivity contribution < 1.29 is 27.5 Å². The Morgan fingerprint density at radius 2 is 1.83 bits per heavy atom. The van der Waals surface area contributed by atoms with Crippen LogP contribution in [0.25, 0.3) is 0 Å². The molecule has 2 fully saturated rings. The molecule has 0 N–H and O–H groups in total. The van der Waals surface area contributed by atoms with Gasteiger partial charge in [0, 0.05) is 31.1 Å². The zero-order valence-electron chi connectivity index (χ0n) is 16.0. The van der Waals surface area contributed by atoms with Gasteiger partial charge in [0.25, 0.3) is 0 Å². The van der Waals surface area contributed by atoms with Crippen LogP contribution in [0.4, 0.5) is 18.9 Å². The molecule has 2 saturated heterocycles. The minimum Gasteiger partial charge on any atom is -0.378 e. The first-order valence-corrected chi connectivity index (χ1v) is 9.93. The van der Waals surface area contributed by atoms with E-state index in [-0.39, 0.29) is 18.0 Å². The van der Waals surface area contributed by atoms with Crippen LogP contribution in [0.2, 0.25) is 0 Å². The molecule has 156 valence electrons. The molecule has 1 aromatic rings. The number of morpholine rings is 1. The molecule has 2 aliphatic heterocycles. The first kappa shape index (κ1) is 19.9. The SMILES string of the molecule is O=C1C[C@@H]([C@@H]2CCCC=C2N2CCOCC2)C(=O)N1c1cccc(C(F)(F)F)c1. The van der Waals surface area contributed by atoms with Gasteiger partial charge in [0.15, 0.2) is 0 Å². The first-order valence-electron chi connectivity index (χ1n) is 9.93. The summed E-state index contributed by atoms with van der Waals surface area (Å²) in [6.07, 6.45) is 0.293. The fraction of sp³-hybridized carbons (Fsp3) is 0.524. The molecule has 8 heteroatoms. The maximum Gasteiger partial charge on any atom is 0.416 e. The number of rotatable bonds is 3. The van der Waals surface area contributed by atoms with Crippen molar-refractivity contribution in [3.8, 4) is 0 Å². The smallest absolute Gasteiger partial charge is 0.378 e. The number of imide groups is 1. The van der Waals surface area contributed by atoms with Crippen LogP contribution in [0.15, 0.2) is 36.0 Å². The Bertz CT molecular complexity index is 831. The van der Waals surface area contributed by atoms with Gasteiger partial charge in [0.2, 0.25) is 11.8 Å². The summed E-state index contributed by atoms with van der Waals surface area (Å²) in [6.45, 7) is 2.74. The van der Waals surface area contributed by atoms with Crippen LogP contribution >= 0.6 is 0 Å². The van der Waals surface area contributed by atoms with Crippen LogP contribution in [0.1, 0.15) is 31.2 Å². The molecule has 2 amide bonds. The lowest BCUT2D eigenvalue weighted by Gasteiger charge is -2.38. The molecule has 4 rings (SSSR count). The van der Waals surface area contributed by atoms with Crippen LogP contribution in [-0.2, 0) is 20.5 Å². The van der Waals surface area contributed by atoms with Crippen molar-refractivity contribution >= 4 is 17.5 Å². The third-order valence-electron chi connectivity index (χ3n) is 5.93. The van der Waals surface area contributed by atoms with Crippen molar-refractivity contribution in [1.82, 2.24) is 4.90 Å². The average Bonchev–Trinajstić information content (AvgIpc) is 3.02. The Morgan fingerprint density at radius 1 is 1.07 bits per heavy atom. The van der Waals surface area contributed by atoms with Gasteiger partial charge in [0.05, 0.1) is 30.4 Å². The lowest BCUT2D eigenvalue weighted by molar-refractivity contribution is -0.137. The molecule has 0 aromatic heterocycles. The fourth-order valence-electron chi connectivity index (χ4n) is 4.54. The van der Waals surface area contributed by atoms with Crippen molar-refractivity contribution in [2.75, 3.05) is 31.2 Å². The van der Waals surface area contributed by atoms with Crippen LogP contribution in [0, 0.1) is 11.8 Å². The summed E-state index contributed by atoms with van der Waals surface area (Å²) in [6, 6.07) is 4.42. The van der Waals surface area contributed by atoms with E-state index in [0.717, 1.165) is 55.1 Å². The minimum atomic E-state index is -4.53. The number of allylic oxidation sites excluding steroid dienone is 2. The average molecular weight is 408 g/mol. The second-order valence-electron chi connectivity index (χ2n) is 7.69. The van der Waals surface area contributed by atoms with Gasteiger partial charge in [-0.05, 0) is 37.5 Å². The highest BCUT2D eigenvalue weighted by Crippen LogP contribution is 2.41. The Kier molecular flexibility index (Phi) is 5.38. The van der Waals surface area contributed by atoms with Gasteiger partial charge in [-0.15, -0.1) is 0 Å². The minimum absolute atomic E-state index is 0.00923. The molecule has 0 bridgehead atoms. The van der Waals surface area contributed by atoms with Gasteiger partial charge in [-0.3, -0.25) is 14.5 Å². The van der Waals surface area contributed by atoms with Crippen molar-refractivity contribution in [2.24, 2.45) is 11.8 Å². The highest BCUT2D eigenvalue weighted by Gasteiger charge is 2.46. The van der Waals surface area contributed by atoms with E-state index < -0.39 is 29.5 Å². The summed E-state index contributed by atoms with van der Waals surface area (Å²) >= 11 is 0. The molecule has 29 heavy (non-hydrogen) atoms. The maximum atomic E-state index is 13.2. The van der Waals surface area contributed by atoms with Crippen molar-refractivity contribution in [2.45, 2.75) is 31.9 Å². The molecule has 0 radical (unpaired) electrons. The number of alkyl halides is 3. The summed E-state index contributed by atoms with van der Waals surface area (Å²) in [7, 11) is 0. The summed E-state index contributed by atoms with van der Waals surface area (Å²) in [5.41, 5.74) is 0.201. The Morgan fingerprint density at radius 3 is 2.55 bits per heavy atom. The number of anilines is 1. The summed E-state index contributed by atoms with van der Waals surface area (Å²) in [5, 5.41) is 0. The monoisotopic (exact) mass is 408 g/mol. The first-order chi connectivity index (χ1) is 13.9. The van der Waals surface area contributed by atoms with E-state index in [1.54, 1.807) is 0 Å². The fourth-order valence-corrected chi connectivity index (χ4v) is 4.54. The zero-order valence-corrected chi connectivity index (χ0v) is 16.0. The molecule has 0 unspecified atom stereocenters. The Balaban J connectivity index is 1.59. The molecular weight excluding hydrogens is 385 g/mol. The van der Waals surface area contributed by atoms with Crippen LogP contribution in [0.5, 0.6) is 0 Å². The van der Waals surface area contributed by atoms with Gasteiger partial charge in [-0.1, -0.05) is 12.1 Å². The predicted octanol–water partition coefficient (Wildman–Crippen LogP) is 3.60. The molecule has 1 aliphatic carbocycles. The molecule has 0 saturated carbocycles. The van der Waals surface area contributed by atoms with Crippen LogP contribution in [-0.4, -0.2) is 43.0 Å². The van der Waals surface area contributed by atoms with E-state index in [1.165, 1.54) is 12.1 Å². The molecule has 5 nitrogen and oxygen atoms in total. The number of halogens is 3. The van der Waals surface area contributed by atoms with Gasteiger partial charge in [0.1, 0.15) is 0 Å². The molecule has 0 spiro atoms. The second kappa shape index (κ2) is 7.82. The number of carbonyl (C=O) groups is 2. The number of carbonyl (C=O) groups excluding carboxylic acids is 2. The Hall–Kier alpha value is -2.35. The highest BCUT2D eigenvalue weighted by molar-refractivity contribution is 6.21. The maximum absolute atomic E-state index is 13.2. The van der Waals surface area contributed by atoms with E-state index >= 15 is 0 Å². The molecule has 3 aliphatic rings. The predicted molar refractivity (Wildman–Crippen MR) is 99.9 cm³/mol. The number of hydrogen-bond donors (Lipinski definition) is 0. The van der Waals surface area contributed by atoms with Crippen molar-refractivity contribution in [1.29, 1.82) is 0 Å². The quantitative estimate of drug-likeness (QED) is 0.718. The lowest BCUT2D eigenvalue weighted by Crippen LogP contribution is -2.41. The second-order valence-corrected chi connectivity index (χ2v) is 7.69. The van der Waals surface area contributed by atoms with Crippen molar-refractivity contribution in [3.63, 3.8) is 0 Å². The van der Waals surface area contributed by atoms with E-state index in [9.17, 15) is 22.8 Å². The zero-order chi connectivity index (χ0) is 20.6. The number of hydrogen-bond acceptors (Lipinski definition) is 4. The van der Waals surface area contributed by atoms with Crippen LogP contribution in [0.3, 0.4) is 0 Å². The van der Waals surface area contributed by atoms with E-state index in [2.05, 4.69) is 11.0 Å². The van der Waals surface area contributed by atoms with E-state index in [4.69, 9.17) is 4.74 Å². The largest absolute Gasteiger partial charge is 0.416 e. The van der Waals surface area contributed by atoms with Crippen LogP contribution < -0.4 is 4.90 Å². The normalized spacial score (nSPS) is 26.1. The standard InChI is InChI=1S/C21H23F3N2O3/c22-21(23,24)14-4-3-5-15(12-14)26-19(27)13-17(20(26)28)16-6-1-2-7-18(16)25-8-10-29-11-9-25/h3-5,7,12,16-17H,1-2,6,8-11,13H2/t16-,17-/m0/s1. The van der Waals surface area contributed by atoms with Gasteiger partial charge >= 0.3 is 6.18 Å². The summed E-state index contributed by atoms with van der Waals surface area (Å²) in [4.78, 5) is 29.0. The highest BCUT2D eigenvalue weighted by atomic mass is 19.4. The number of benzene rings is 1. The Labute approximate surface area is 167 Å². The third-order valence-corrected chi connectivity index (χ3v) is 5.93. The number of amides is 2. The van der Waals surface area contributed by atoms with E-state index in [1.807, 2.05) is 0 Å². The summed E-state index contributed by atoms with van der Waals surface area (Å²) in [5.74, 6) is -1.47. The lowest BCUT2D eigenvalue weighted by atomic mass is 9.80. The molecular formula is C21H23F3N2O3. The van der Waals surface area contributed by atoms with Gasteiger partial charge in [-0.2, -0.15) is 13.2 Å². The molecule has 2 heterocycles. The summed E-state index contributed by atoms with van der Waals surface area (Å²) < 4.78 is 44.6. The number of nitrogens with zero attached hydrogens (tertiary/aromatic N) is 2. The van der Waals surface area contributed by atoms with Crippen molar-refractivity contribution in [3.05, 3.63) is 41.6 Å². The topological polar surface area (TPSA) is 49.9 Å². The molecule has 2 atom stereocenters. The molecule has 1 aromatic carbocycles. The number of ether oxygens (including phenoxy) is 1. The third kappa shape index (κ3) is 3.90.